The first-order chi connectivity index (χ1) is 9.08. The Bertz CT molecular complexity index is 599. The summed E-state index contributed by atoms with van der Waals surface area (Å²) in [7, 11) is 0. The van der Waals surface area contributed by atoms with Crippen molar-refractivity contribution in [1.29, 1.82) is 5.41 Å². The van der Waals surface area contributed by atoms with Crippen molar-refractivity contribution in [2.45, 2.75) is 13.3 Å². The molecule has 0 radical (unpaired) electrons. The molecule has 0 aromatic heterocycles. The van der Waals surface area contributed by atoms with E-state index in [-0.39, 0.29) is 18.3 Å². The molecular weight excluding hydrogens is 254 g/mol. The molecule has 3 aliphatic heterocycles. The van der Waals surface area contributed by atoms with Crippen LogP contribution in [0.1, 0.15) is 13.3 Å². The highest BCUT2D eigenvalue weighted by Gasteiger charge is 2.29. The van der Waals surface area contributed by atoms with E-state index in [2.05, 4.69) is 0 Å². The molecular formula is C13H12F2N2O2. The summed E-state index contributed by atoms with van der Waals surface area (Å²) >= 11 is 0. The minimum absolute atomic E-state index is 0.186. The number of anilines is 1. The van der Waals surface area contributed by atoms with Crippen LogP contribution in [0.3, 0.4) is 0 Å². The van der Waals surface area contributed by atoms with Gasteiger partial charge in [-0.25, -0.2) is 0 Å². The number of fused-ring (bicyclic) bond motifs is 4. The average molecular weight is 266 g/mol. The fraction of sp³-hybridized carbons (Fsp3) is 0.308. The lowest BCUT2D eigenvalue weighted by molar-refractivity contribution is 0.123. The summed E-state index contributed by atoms with van der Waals surface area (Å²) in [4.78, 5) is 1.60. The Hall–Kier alpha value is -2.11. The van der Waals surface area contributed by atoms with E-state index in [0.717, 1.165) is 5.57 Å². The van der Waals surface area contributed by atoms with Gasteiger partial charge in [0.25, 0.3) is 0 Å². The lowest BCUT2D eigenvalue weighted by Gasteiger charge is -2.29. The maximum absolute atomic E-state index is 13.9. The molecule has 0 saturated heterocycles. The number of halogens is 2. The van der Waals surface area contributed by atoms with Crippen molar-refractivity contribution in [3.05, 3.63) is 29.3 Å². The molecule has 4 rings (SSSR count). The van der Waals surface area contributed by atoms with Gasteiger partial charge < -0.3 is 14.4 Å². The quantitative estimate of drug-likeness (QED) is 0.795. The molecule has 1 aromatic rings. The van der Waals surface area contributed by atoms with Gasteiger partial charge in [0.05, 0.1) is 5.69 Å². The van der Waals surface area contributed by atoms with Crippen molar-refractivity contribution in [1.82, 2.24) is 0 Å². The number of ether oxygens (including phenoxy) is 2. The second kappa shape index (κ2) is 4.22. The first-order valence-corrected chi connectivity index (χ1v) is 5.86. The molecule has 4 nitrogen and oxygen atoms in total. The molecule has 0 fully saturated rings. The first kappa shape index (κ1) is 12.0. The number of hydrogen-bond acceptors (Lipinski definition) is 3. The molecule has 1 aromatic carbocycles. The Kier molecular flexibility index (Phi) is 2.66. The molecule has 1 N–H and O–H groups in total. The van der Waals surface area contributed by atoms with Crippen LogP contribution < -0.4 is 14.4 Å². The van der Waals surface area contributed by atoms with Gasteiger partial charge in [-0.2, -0.15) is 8.78 Å². The van der Waals surface area contributed by atoms with Crippen molar-refractivity contribution in [3.63, 3.8) is 0 Å². The standard InChI is InChI=1S/C13H12F2N2O2/c1-7-2-3-10(16)17(5-7)8-4-9-11(14)12(15)13(8)19-6-18-9/h2,4,16H,3,5-6H2,1H3. The molecule has 2 bridgehead atoms. The summed E-state index contributed by atoms with van der Waals surface area (Å²) in [6, 6.07) is 1.38. The summed E-state index contributed by atoms with van der Waals surface area (Å²) in [5.74, 6) is -2.18. The second-order valence-corrected chi connectivity index (χ2v) is 4.54. The zero-order chi connectivity index (χ0) is 13.6. The van der Waals surface area contributed by atoms with Crippen LogP contribution in [0.4, 0.5) is 14.5 Å². The highest BCUT2D eigenvalue weighted by molar-refractivity contribution is 5.99. The van der Waals surface area contributed by atoms with E-state index in [4.69, 9.17) is 14.9 Å². The molecule has 0 spiro atoms. The Morgan fingerprint density at radius 2 is 2.05 bits per heavy atom. The number of amidine groups is 1. The molecule has 0 unspecified atom stereocenters. The first-order valence-electron chi connectivity index (χ1n) is 5.86. The van der Waals surface area contributed by atoms with Gasteiger partial charge in [0.15, 0.2) is 11.5 Å². The van der Waals surface area contributed by atoms with E-state index in [9.17, 15) is 8.78 Å². The SMILES string of the molecule is CC1=CCC(=N)N(c2cc3c(F)c(F)c2OCO3)C1. The predicted octanol–water partition coefficient (Wildman–Crippen LogP) is 2.83. The smallest absolute Gasteiger partial charge is 0.231 e. The van der Waals surface area contributed by atoms with Crippen LogP contribution >= 0.6 is 0 Å². The van der Waals surface area contributed by atoms with Crippen molar-refractivity contribution in [3.8, 4) is 11.5 Å². The Morgan fingerprint density at radius 1 is 1.26 bits per heavy atom. The predicted molar refractivity (Wildman–Crippen MR) is 65.9 cm³/mol. The normalized spacial score (nSPS) is 17.7. The van der Waals surface area contributed by atoms with Gasteiger partial charge in [-0.3, -0.25) is 5.41 Å². The summed E-state index contributed by atoms with van der Waals surface area (Å²) < 4.78 is 37.5. The second-order valence-electron chi connectivity index (χ2n) is 4.54. The van der Waals surface area contributed by atoms with E-state index in [1.165, 1.54) is 6.07 Å². The van der Waals surface area contributed by atoms with E-state index >= 15 is 0 Å². The maximum atomic E-state index is 13.9. The van der Waals surface area contributed by atoms with Crippen LogP contribution in [0.25, 0.3) is 0 Å². The van der Waals surface area contributed by atoms with Gasteiger partial charge in [0.2, 0.25) is 18.4 Å². The molecule has 100 valence electrons. The van der Waals surface area contributed by atoms with E-state index in [0.29, 0.717) is 24.5 Å². The third-order valence-corrected chi connectivity index (χ3v) is 3.19. The van der Waals surface area contributed by atoms with Crippen LogP contribution in [0.5, 0.6) is 11.5 Å². The number of nitrogens with one attached hydrogen (secondary N) is 1. The molecule has 6 heteroatoms. The molecule has 0 atom stereocenters. The minimum atomic E-state index is -1.06. The van der Waals surface area contributed by atoms with Crippen molar-refractivity contribution in [2.24, 2.45) is 0 Å². The maximum Gasteiger partial charge on any atom is 0.231 e. The van der Waals surface area contributed by atoms with Crippen LogP contribution in [0.2, 0.25) is 0 Å². The number of nitrogens with zero attached hydrogens (tertiary/aromatic N) is 1. The molecule has 0 saturated carbocycles. The van der Waals surface area contributed by atoms with Crippen LogP contribution in [-0.2, 0) is 0 Å². The number of benzene rings is 1. The molecule has 3 heterocycles. The van der Waals surface area contributed by atoms with Gasteiger partial charge in [0, 0.05) is 19.0 Å². The fourth-order valence-electron chi connectivity index (χ4n) is 2.19. The van der Waals surface area contributed by atoms with Crippen molar-refractivity contribution < 1.29 is 18.3 Å². The highest BCUT2D eigenvalue weighted by Crippen LogP contribution is 2.41. The largest absolute Gasteiger partial charge is 0.454 e. The Morgan fingerprint density at radius 3 is 2.84 bits per heavy atom. The average Bonchev–Trinajstić information content (AvgIpc) is 2.68. The van der Waals surface area contributed by atoms with Gasteiger partial charge in [-0.1, -0.05) is 11.6 Å². The van der Waals surface area contributed by atoms with E-state index < -0.39 is 11.6 Å². The van der Waals surface area contributed by atoms with Gasteiger partial charge >= 0.3 is 0 Å². The zero-order valence-electron chi connectivity index (χ0n) is 10.3. The van der Waals surface area contributed by atoms with Crippen molar-refractivity contribution in [2.75, 3.05) is 18.2 Å². The van der Waals surface area contributed by atoms with E-state index in [1.807, 2.05) is 13.0 Å². The fourth-order valence-corrected chi connectivity index (χ4v) is 2.19. The van der Waals surface area contributed by atoms with Gasteiger partial charge in [-0.05, 0) is 6.92 Å². The summed E-state index contributed by atoms with van der Waals surface area (Å²) in [5, 5.41) is 7.93. The van der Waals surface area contributed by atoms with Gasteiger partial charge in [-0.15, -0.1) is 0 Å². The number of hydrogen-bond donors (Lipinski definition) is 1. The topological polar surface area (TPSA) is 45.6 Å². The Balaban J connectivity index is 2.12. The highest BCUT2D eigenvalue weighted by atomic mass is 19.2. The molecule has 0 amide bonds. The van der Waals surface area contributed by atoms with Crippen LogP contribution in [0.15, 0.2) is 17.7 Å². The molecule has 3 aliphatic rings. The van der Waals surface area contributed by atoms with Crippen LogP contribution in [0, 0.1) is 17.0 Å². The van der Waals surface area contributed by atoms with Gasteiger partial charge in [0.1, 0.15) is 5.84 Å². The third kappa shape index (κ3) is 1.83. The molecule has 0 aliphatic carbocycles. The minimum Gasteiger partial charge on any atom is -0.454 e. The summed E-state index contributed by atoms with van der Waals surface area (Å²) in [6.45, 7) is 2.15. The third-order valence-electron chi connectivity index (χ3n) is 3.19. The van der Waals surface area contributed by atoms with Crippen molar-refractivity contribution >= 4 is 11.5 Å². The Labute approximate surface area is 108 Å². The number of rotatable bonds is 1. The lowest BCUT2D eigenvalue weighted by atomic mass is 10.1. The van der Waals surface area contributed by atoms with E-state index in [1.54, 1.807) is 4.90 Å². The summed E-state index contributed by atoms with van der Waals surface area (Å²) in [5.41, 5.74) is 1.40. The zero-order valence-corrected chi connectivity index (χ0v) is 10.3. The lowest BCUT2D eigenvalue weighted by Crippen LogP contribution is -2.34. The molecule has 19 heavy (non-hydrogen) atoms. The van der Waals surface area contributed by atoms with Crippen LogP contribution in [-0.4, -0.2) is 19.2 Å². The summed E-state index contributed by atoms with van der Waals surface area (Å²) in [6.07, 6.45) is 2.40. The monoisotopic (exact) mass is 266 g/mol.